The lowest BCUT2D eigenvalue weighted by Crippen LogP contribution is -2.47. The number of hydrazine groups is 1. The molecule has 0 aliphatic rings. The van der Waals surface area contributed by atoms with Crippen LogP contribution in [0.5, 0.6) is 5.75 Å². The van der Waals surface area contributed by atoms with Crippen molar-refractivity contribution in [3.05, 3.63) is 101 Å². The summed E-state index contributed by atoms with van der Waals surface area (Å²) in [4.78, 5) is 37.9. The van der Waals surface area contributed by atoms with Crippen LogP contribution in [0.3, 0.4) is 0 Å². The Morgan fingerprint density at radius 3 is 2.13 bits per heavy atom. The van der Waals surface area contributed by atoms with Crippen LogP contribution in [0.2, 0.25) is 0 Å². The number of ketones is 1. The molecule has 0 unspecified atom stereocenters. The van der Waals surface area contributed by atoms with Crippen LogP contribution in [0, 0.1) is 13.8 Å². The van der Waals surface area contributed by atoms with Gasteiger partial charge in [0.15, 0.2) is 11.9 Å². The molecule has 0 fully saturated rings. The largest absolute Gasteiger partial charge is 0.481 e. The molecule has 6 heteroatoms. The number of amides is 2. The van der Waals surface area contributed by atoms with Crippen LogP contribution in [-0.4, -0.2) is 23.7 Å². The average molecular weight is 416 g/mol. The molecular formula is C25H24N2O4. The Bertz CT molecular complexity index is 1110. The average Bonchev–Trinajstić information content (AvgIpc) is 2.80. The predicted molar refractivity (Wildman–Crippen MR) is 118 cm³/mol. The zero-order valence-corrected chi connectivity index (χ0v) is 17.6. The molecule has 0 saturated carbocycles. The number of nitrogens with one attached hydrogen (secondary N) is 2. The first-order chi connectivity index (χ1) is 14.9. The molecule has 0 aliphatic carbocycles. The number of ether oxygens (including phenoxy) is 1. The molecule has 0 spiro atoms. The van der Waals surface area contributed by atoms with Gasteiger partial charge in [-0.2, -0.15) is 0 Å². The zero-order valence-electron chi connectivity index (χ0n) is 17.6. The lowest BCUT2D eigenvalue weighted by atomic mass is 9.98. The molecule has 0 aliphatic heterocycles. The van der Waals surface area contributed by atoms with Gasteiger partial charge in [0.05, 0.1) is 5.56 Å². The predicted octanol–water partition coefficient (Wildman–Crippen LogP) is 3.76. The van der Waals surface area contributed by atoms with E-state index in [0.29, 0.717) is 11.3 Å². The minimum absolute atomic E-state index is 0.166. The molecule has 6 nitrogen and oxygen atoms in total. The molecule has 2 amide bonds. The van der Waals surface area contributed by atoms with Crippen LogP contribution in [0.15, 0.2) is 72.8 Å². The van der Waals surface area contributed by atoms with Crippen LogP contribution in [0.25, 0.3) is 0 Å². The Labute approximate surface area is 181 Å². The molecule has 3 aromatic carbocycles. The highest BCUT2D eigenvalue weighted by Crippen LogP contribution is 2.21. The molecule has 31 heavy (non-hydrogen) atoms. The summed E-state index contributed by atoms with van der Waals surface area (Å²) in [5.41, 5.74) is 7.62. The monoisotopic (exact) mass is 416 g/mol. The minimum atomic E-state index is -0.831. The highest BCUT2D eigenvalue weighted by atomic mass is 16.5. The first-order valence-corrected chi connectivity index (χ1v) is 9.90. The van der Waals surface area contributed by atoms with E-state index in [1.807, 2.05) is 32.0 Å². The van der Waals surface area contributed by atoms with Crippen molar-refractivity contribution in [2.45, 2.75) is 26.9 Å². The number of carbonyl (C=O) groups excluding carboxylic acids is 3. The Balaban J connectivity index is 1.66. The second-order valence-corrected chi connectivity index (χ2v) is 7.14. The summed E-state index contributed by atoms with van der Waals surface area (Å²) in [6.45, 7) is 5.47. The topological polar surface area (TPSA) is 84.5 Å². The maximum Gasteiger partial charge on any atom is 0.279 e. The number of carbonyl (C=O) groups is 3. The summed E-state index contributed by atoms with van der Waals surface area (Å²) in [5.74, 6) is -0.773. The number of benzene rings is 3. The van der Waals surface area contributed by atoms with Gasteiger partial charge in [-0.25, -0.2) is 0 Å². The molecule has 2 N–H and O–H groups in total. The van der Waals surface area contributed by atoms with E-state index in [1.54, 1.807) is 55.5 Å². The fourth-order valence-corrected chi connectivity index (χ4v) is 3.01. The molecule has 3 aromatic rings. The van der Waals surface area contributed by atoms with Gasteiger partial charge in [0.1, 0.15) is 5.75 Å². The van der Waals surface area contributed by atoms with Crippen molar-refractivity contribution in [1.29, 1.82) is 0 Å². The third-order valence-corrected chi connectivity index (χ3v) is 4.98. The second kappa shape index (κ2) is 9.71. The summed E-state index contributed by atoms with van der Waals surface area (Å²) in [5, 5.41) is 0. The standard InChI is InChI=1S/C25H24N2O4/c1-16-10-9-15-22(17(16)2)31-18(3)24(29)26-27-25(30)21-14-8-7-13-20(21)23(28)19-11-5-4-6-12-19/h4-15,18H,1-3H3,(H,26,29)(H,27,30)/t18-/m0/s1. The number of hydrogen-bond acceptors (Lipinski definition) is 4. The minimum Gasteiger partial charge on any atom is -0.481 e. The molecule has 1 atom stereocenters. The van der Waals surface area contributed by atoms with Crippen LogP contribution in [-0.2, 0) is 4.79 Å². The smallest absolute Gasteiger partial charge is 0.279 e. The highest BCUT2D eigenvalue weighted by molar-refractivity contribution is 6.15. The molecule has 0 aromatic heterocycles. The van der Waals surface area contributed by atoms with Gasteiger partial charge in [-0.05, 0) is 44.0 Å². The van der Waals surface area contributed by atoms with E-state index in [1.165, 1.54) is 6.07 Å². The first-order valence-electron chi connectivity index (χ1n) is 9.90. The summed E-state index contributed by atoms with van der Waals surface area (Å²) < 4.78 is 5.73. The van der Waals surface area contributed by atoms with E-state index in [-0.39, 0.29) is 16.9 Å². The van der Waals surface area contributed by atoms with E-state index in [4.69, 9.17) is 4.74 Å². The second-order valence-electron chi connectivity index (χ2n) is 7.14. The SMILES string of the molecule is Cc1cccc(O[C@@H](C)C(=O)NNC(=O)c2ccccc2C(=O)c2ccccc2)c1C. The molecular weight excluding hydrogens is 392 g/mol. The van der Waals surface area contributed by atoms with E-state index < -0.39 is 17.9 Å². The van der Waals surface area contributed by atoms with Crippen molar-refractivity contribution in [2.24, 2.45) is 0 Å². The third kappa shape index (κ3) is 5.17. The van der Waals surface area contributed by atoms with Gasteiger partial charge in [0.25, 0.3) is 11.8 Å². The van der Waals surface area contributed by atoms with Gasteiger partial charge in [0, 0.05) is 11.1 Å². The van der Waals surface area contributed by atoms with E-state index >= 15 is 0 Å². The van der Waals surface area contributed by atoms with Crippen molar-refractivity contribution in [2.75, 3.05) is 0 Å². The maximum absolute atomic E-state index is 12.8. The van der Waals surface area contributed by atoms with E-state index in [9.17, 15) is 14.4 Å². The van der Waals surface area contributed by atoms with Gasteiger partial charge < -0.3 is 4.74 Å². The fraction of sp³-hybridized carbons (Fsp3) is 0.160. The molecule has 3 rings (SSSR count). The number of rotatable bonds is 6. The summed E-state index contributed by atoms with van der Waals surface area (Å²) >= 11 is 0. The van der Waals surface area contributed by atoms with Crippen LogP contribution in [0.4, 0.5) is 0 Å². The highest BCUT2D eigenvalue weighted by Gasteiger charge is 2.20. The zero-order chi connectivity index (χ0) is 22.4. The molecule has 0 bridgehead atoms. The van der Waals surface area contributed by atoms with Crippen LogP contribution in [0.1, 0.15) is 44.3 Å². The quantitative estimate of drug-likeness (QED) is 0.473. The summed E-state index contributed by atoms with van der Waals surface area (Å²) in [6.07, 6.45) is -0.831. The Morgan fingerprint density at radius 1 is 0.774 bits per heavy atom. The maximum atomic E-state index is 12.8. The van der Waals surface area contributed by atoms with E-state index in [2.05, 4.69) is 10.9 Å². The van der Waals surface area contributed by atoms with Crippen molar-refractivity contribution >= 4 is 17.6 Å². The summed E-state index contributed by atoms with van der Waals surface area (Å²) in [7, 11) is 0. The van der Waals surface area contributed by atoms with E-state index in [0.717, 1.165) is 11.1 Å². The molecule has 158 valence electrons. The molecule has 0 saturated heterocycles. The van der Waals surface area contributed by atoms with Crippen molar-refractivity contribution in [3.8, 4) is 5.75 Å². The lowest BCUT2D eigenvalue weighted by Gasteiger charge is -2.17. The van der Waals surface area contributed by atoms with Crippen LogP contribution >= 0.6 is 0 Å². The normalized spacial score (nSPS) is 11.3. The number of hydrogen-bond donors (Lipinski definition) is 2. The molecule has 0 radical (unpaired) electrons. The fourth-order valence-electron chi connectivity index (χ4n) is 3.01. The third-order valence-electron chi connectivity index (χ3n) is 4.98. The Morgan fingerprint density at radius 2 is 1.42 bits per heavy atom. The van der Waals surface area contributed by atoms with Crippen molar-refractivity contribution in [1.82, 2.24) is 10.9 Å². The summed E-state index contributed by atoms with van der Waals surface area (Å²) in [6, 6.07) is 20.8. The molecule has 0 heterocycles. The van der Waals surface area contributed by atoms with Crippen molar-refractivity contribution in [3.63, 3.8) is 0 Å². The Kier molecular flexibility index (Phi) is 6.82. The number of aryl methyl sites for hydroxylation is 1. The van der Waals surface area contributed by atoms with Gasteiger partial charge >= 0.3 is 0 Å². The van der Waals surface area contributed by atoms with Crippen LogP contribution < -0.4 is 15.6 Å². The van der Waals surface area contributed by atoms with Gasteiger partial charge in [0.2, 0.25) is 0 Å². The van der Waals surface area contributed by atoms with Crippen molar-refractivity contribution < 1.29 is 19.1 Å². The first kappa shape index (κ1) is 21.8. The lowest BCUT2D eigenvalue weighted by molar-refractivity contribution is -0.128. The van der Waals surface area contributed by atoms with Gasteiger partial charge in [-0.1, -0.05) is 60.7 Å². The Hall–Kier alpha value is -3.93. The van der Waals surface area contributed by atoms with Gasteiger partial charge in [-0.3, -0.25) is 25.2 Å². The van der Waals surface area contributed by atoms with Gasteiger partial charge in [-0.15, -0.1) is 0 Å².